The number of hydrogen-bond donors (Lipinski definition) is 1. The third kappa shape index (κ3) is 5.03. The Morgan fingerprint density at radius 2 is 2.14 bits per heavy atom. The van der Waals surface area contributed by atoms with Crippen molar-refractivity contribution >= 4 is 24.1 Å². The quantitative estimate of drug-likeness (QED) is 0.497. The van der Waals surface area contributed by atoms with Gasteiger partial charge in [-0.2, -0.15) is 0 Å². The van der Waals surface area contributed by atoms with Crippen molar-refractivity contribution < 1.29 is 17.3 Å². The zero-order valence-electron chi connectivity index (χ0n) is 8.11. The van der Waals surface area contributed by atoms with Crippen LogP contribution in [0.1, 0.15) is 13.8 Å². The van der Waals surface area contributed by atoms with E-state index < -0.39 is 27.3 Å². The maximum atomic E-state index is 11.0. The van der Waals surface area contributed by atoms with Crippen LogP contribution in [-0.4, -0.2) is 33.7 Å². The molecule has 0 aliphatic carbocycles. The SMILES string of the molecule is [B]OS(=O)(=O)CC(C)(C)NC(=O)C=C. The lowest BCUT2D eigenvalue weighted by atomic mass is 10.1. The summed E-state index contributed by atoms with van der Waals surface area (Å²) < 4.78 is 25.7. The van der Waals surface area contributed by atoms with Gasteiger partial charge in [0.05, 0.1) is 11.3 Å². The molecule has 0 fully saturated rings. The molecule has 1 N–H and O–H groups in total. The zero-order chi connectivity index (χ0) is 11.4. The molecule has 0 aliphatic rings. The lowest BCUT2D eigenvalue weighted by Gasteiger charge is -2.24. The molecule has 5 nitrogen and oxygen atoms in total. The van der Waals surface area contributed by atoms with Gasteiger partial charge in [0.2, 0.25) is 5.91 Å². The van der Waals surface area contributed by atoms with Crippen molar-refractivity contribution in [3.8, 4) is 0 Å². The van der Waals surface area contributed by atoms with Crippen molar-refractivity contribution in [2.24, 2.45) is 0 Å². The van der Waals surface area contributed by atoms with E-state index in [2.05, 4.69) is 24.0 Å². The zero-order valence-corrected chi connectivity index (χ0v) is 8.93. The van der Waals surface area contributed by atoms with Crippen molar-refractivity contribution in [1.29, 1.82) is 0 Å². The van der Waals surface area contributed by atoms with Crippen LogP contribution in [0.4, 0.5) is 0 Å². The first-order valence-electron chi connectivity index (χ1n) is 3.78. The molecule has 0 aliphatic heterocycles. The molecule has 2 radical (unpaired) electrons. The third-order valence-corrected chi connectivity index (χ3v) is 2.70. The maximum Gasteiger partial charge on any atom is 0.311 e. The summed E-state index contributed by atoms with van der Waals surface area (Å²) in [6, 6.07) is 0. The molecule has 14 heavy (non-hydrogen) atoms. The minimum atomic E-state index is -3.80. The van der Waals surface area contributed by atoms with Crippen LogP contribution in [-0.2, 0) is 19.0 Å². The summed E-state index contributed by atoms with van der Waals surface area (Å²) in [6.45, 7) is 6.31. The molecule has 0 atom stereocenters. The van der Waals surface area contributed by atoms with Crippen molar-refractivity contribution in [2.75, 3.05) is 5.75 Å². The number of carbonyl (C=O) groups is 1. The van der Waals surface area contributed by atoms with E-state index in [1.54, 1.807) is 0 Å². The molecular weight excluding hydrogens is 205 g/mol. The summed E-state index contributed by atoms with van der Waals surface area (Å²) in [5.41, 5.74) is -0.955. The summed E-state index contributed by atoms with van der Waals surface area (Å²) in [5.74, 6) is -0.863. The molecule has 0 saturated carbocycles. The van der Waals surface area contributed by atoms with E-state index in [9.17, 15) is 13.2 Å². The van der Waals surface area contributed by atoms with Gasteiger partial charge in [0, 0.05) is 0 Å². The van der Waals surface area contributed by atoms with Crippen LogP contribution in [0.5, 0.6) is 0 Å². The van der Waals surface area contributed by atoms with E-state index in [4.69, 9.17) is 0 Å². The van der Waals surface area contributed by atoms with Crippen LogP contribution in [0.15, 0.2) is 12.7 Å². The minimum Gasteiger partial charge on any atom is -0.347 e. The second kappa shape index (κ2) is 4.61. The van der Waals surface area contributed by atoms with Gasteiger partial charge in [-0.05, 0) is 19.9 Å². The first-order chi connectivity index (χ1) is 6.22. The van der Waals surface area contributed by atoms with Crippen LogP contribution >= 0.6 is 0 Å². The first-order valence-corrected chi connectivity index (χ1v) is 5.36. The first kappa shape index (κ1) is 13.2. The van der Waals surface area contributed by atoms with Crippen molar-refractivity contribution in [1.82, 2.24) is 5.32 Å². The molecule has 0 aromatic rings. The molecule has 0 spiro atoms. The molecule has 0 aromatic heterocycles. The predicted molar refractivity (Wildman–Crippen MR) is 53.0 cm³/mol. The number of nitrogens with one attached hydrogen (secondary N) is 1. The largest absolute Gasteiger partial charge is 0.347 e. The highest BCUT2D eigenvalue weighted by Crippen LogP contribution is 2.07. The van der Waals surface area contributed by atoms with Crippen LogP contribution in [0.25, 0.3) is 0 Å². The Balaban J connectivity index is 4.49. The van der Waals surface area contributed by atoms with E-state index >= 15 is 0 Å². The second-order valence-electron chi connectivity index (χ2n) is 3.38. The van der Waals surface area contributed by atoms with Crippen molar-refractivity contribution in [2.45, 2.75) is 19.4 Å². The van der Waals surface area contributed by atoms with Gasteiger partial charge in [0.25, 0.3) is 10.1 Å². The molecule has 78 valence electrons. The standard InChI is InChI=1S/C7H12BNO4S/c1-4-6(10)9-7(2,3)5-14(11,12)13-8/h4H,1,5H2,2-3H3,(H,9,10). The molecule has 0 rings (SSSR count). The second-order valence-corrected chi connectivity index (χ2v) is 4.97. The van der Waals surface area contributed by atoms with Crippen molar-refractivity contribution in [3.63, 3.8) is 0 Å². The van der Waals surface area contributed by atoms with Gasteiger partial charge in [-0.3, -0.25) is 4.79 Å². The Kier molecular flexibility index (Phi) is 4.34. The summed E-state index contributed by atoms with van der Waals surface area (Å²) in [7, 11) is 0.754. The minimum absolute atomic E-state index is 0.407. The van der Waals surface area contributed by atoms with Crippen LogP contribution in [0, 0.1) is 0 Å². The summed E-state index contributed by atoms with van der Waals surface area (Å²) >= 11 is 0. The Bertz CT molecular complexity index is 323. The maximum absolute atomic E-state index is 11.0. The topological polar surface area (TPSA) is 72.5 Å². The van der Waals surface area contributed by atoms with E-state index in [0.29, 0.717) is 0 Å². The van der Waals surface area contributed by atoms with E-state index in [0.717, 1.165) is 6.08 Å². The number of rotatable bonds is 5. The van der Waals surface area contributed by atoms with Crippen LogP contribution in [0.2, 0.25) is 0 Å². The smallest absolute Gasteiger partial charge is 0.311 e. The van der Waals surface area contributed by atoms with Crippen LogP contribution in [0.3, 0.4) is 0 Å². The van der Waals surface area contributed by atoms with E-state index in [-0.39, 0.29) is 0 Å². The van der Waals surface area contributed by atoms with Crippen LogP contribution < -0.4 is 5.32 Å². The van der Waals surface area contributed by atoms with E-state index in [1.807, 2.05) is 0 Å². The number of amides is 1. The molecule has 0 saturated heterocycles. The lowest BCUT2D eigenvalue weighted by Crippen LogP contribution is -2.47. The molecule has 1 amide bonds. The molecule has 0 unspecified atom stereocenters. The monoisotopic (exact) mass is 217 g/mol. The average molecular weight is 217 g/mol. The van der Waals surface area contributed by atoms with Crippen molar-refractivity contribution in [3.05, 3.63) is 12.7 Å². The Labute approximate surface area is 85.1 Å². The van der Waals surface area contributed by atoms with Gasteiger partial charge in [0.1, 0.15) is 0 Å². The summed E-state index contributed by atoms with van der Waals surface area (Å²) in [5, 5.41) is 2.42. The highest BCUT2D eigenvalue weighted by atomic mass is 32.2. The fraction of sp³-hybridized carbons (Fsp3) is 0.571. The highest BCUT2D eigenvalue weighted by molar-refractivity contribution is 7.87. The number of hydrogen-bond acceptors (Lipinski definition) is 4. The number of carbonyl (C=O) groups excluding carboxylic acids is 1. The third-order valence-electron chi connectivity index (χ3n) is 1.33. The molecule has 0 heterocycles. The van der Waals surface area contributed by atoms with Gasteiger partial charge < -0.3 is 9.42 Å². The fourth-order valence-corrected chi connectivity index (χ4v) is 1.92. The van der Waals surface area contributed by atoms with Gasteiger partial charge in [-0.25, -0.2) is 8.42 Å². The molecule has 7 heteroatoms. The Morgan fingerprint density at radius 3 is 2.50 bits per heavy atom. The Morgan fingerprint density at radius 1 is 1.64 bits per heavy atom. The summed E-state index contributed by atoms with van der Waals surface area (Å²) in [6.07, 6.45) is 1.05. The van der Waals surface area contributed by atoms with Gasteiger partial charge >= 0.3 is 8.05 Å². The predicted octanol–water partition coefficient (Wildman–Crippen LogP) is -0.503. The van der Waals surface area contributed by atoms with E-state index in [1.165, 1.54) is 13.8 Å². The normalized spacial score (nSPS) is 12.1. The molecule has 0 aromatic carbocycles. The summed E-state index contributed by atoms with van der Waals surface area (Å²) in [4.78, 5) is 10.9. The van der Waals surface area contributed by atoms with Gasteiger partial charge in [0.15, 0.2) is 0 Å². The fourth-order valence-electron chi connectivity index (χ4n) is 0.897. The van der Waals surface area contributed by atoms with Gasteiger partial charge in [-0.1, -0.05) is 6.58 Å². The van der Waals surface area contributed by atoms with Gasteiger partial charge in [-0.15, -0.1) is 0 Å². The molecule has 0 bridgehead atoms. The Hall–Kier alpha value is -0.815. The highest BCUT2D eigenvalue weighted by Gasteiger charge is 2.26. The lowest BCUT2D eigenvalue weighted by molar-refractivity contribution is -0.117. The average Bonchev–Trinajstić information content (AvgIpc) is 2.01. The molecular formula is C7H12BNO4S.